The Morgan fingerprint density at radius 1 is 1.41 bits per heavy atom. The zero-order chi connectivity index (χ0) is 15.7. The van der Waals surface area contributed by atoms with Crippen LogP contribution in [0, 0.1) is 0 Å². The summed E-state index contributed by atoms with van der Waals surface area (Å²) in [5.41, 5.74) is 2.14. The Morgan fingerprint density at radius 2 is 2.23 bits per heavy atom. The first kappa shape index (κ1) is 14.2. The molecule has 0 aliphatic heterocycles. The number of hydrogen-bond donors (Lipinski definition) is 0. The van der Waals surface area contributed by atoms with E-state index in [-0.39, 0.29) is 6.04 Å². The van der Waals surface area contributed by atoms with Crippen molar-refractivity contribution < 1.29 is 9.53 Å². The Labute approximate surface area is 127 Å². The van der Waals surface area contributed by atoms with Gasteiger partial charge in [0.05, 0.1) is 12.8 Å². The van der Waals surface area contributed by atoms with E-state index in [0.29, 0.717) is 23.5 Å². The molecule has 0 aromatic carbocycles. The summed E-state index contributed by atoms with van der Waals surface area (Å²) in [4.78, 5) is 16.6. The maximum absolute atomic E-state index is 12.3. The minimum atomic E-state index is -0.427. The smallest absolute Gasteiger partial charge is 0.344 e. The Hall–Kier alpha value is -2.70. The topological polar surface area (TPSA) is 74.3 Å². The van der Waals surface area contributed by atoms with Crippen LogP contribution in [-0.2, 0) is 4.74 Å². The van der Waals surface area contributed by atoms with Crippen molar-refractivity contribution in [1.29, 1.82) is 0 Å². The Bertz CT molecular complexity index is 818. The molecule has 0 fully saturated rings. The van der Waals surface area contributed by atoms with Gasteiger partial charge in [-0.25, -0.2) is 14.3 Å². The molecular formula is C15H17N5O2. The van der Waals surface area contributed by atoms with Crippen molar-refractivity contribution in [3.05, 3.63) is 36.4 Å². The highest BCUT2D eigenvalue weighted by Crippen LogP contribution is 2.26. The van der Waals surface area contributed by atoms with Crippen LogP contribution in [0.15, 0.2) is 30.9 Å². The van der Waals surface area contributed by atoms with Gasteiger partial charge in [-0.3, -0.25) is 4.68 Å². The fourth-order valence-corrected chi connectivity index (χ4v) is 2.22. The fourth-order valence-electron chi connectivity index (χ4n) is 2.22. The van der Waals surface area contributed by atoms with E-state index in [0.717, 1.165) is 5.56 Å². The molecule has 0 unspecified atom stereocenters. The molecule has 7 heteroatoms. The van der Waals surface area contributed by atoms with Crippen LogP contribution in [0.3, 0.4) is 0 Å². The van der Waals surface area contributed by atoms with Crippen molar-refractivity contribution in [2.75, 3.05) is 6.61 Å². The van der Waals surface area contributed by atoms with Gasteiger partial charge in [-0.15, -0.1) is 0 Å². The lowest BCUT2D eigenvalue weighted by atomic mass is 10.1. The summed E-state index contributed by atoms with van der Waals surface area (Å²) in [7, 11) is 0. The molecule has 0 aliphatic carbocycles. The van der Waals surface area contributed by atoms with Gasteiger partial charge >= 0.3 is 5.97 Å². The average molecular weight is 299 g/mol. The number of fused-ring (bicyclic) bond motifs is 1. The lowest BCUT2D eigenvalue weighted by Gasteiger charge is -2.03. The van der Waals surface area contributed by atoms with E-state index in [1.807, 2.05) is 24.7 Å². The standard InChI is InChI=1S/C15H17N5O2/c1-4-22-15(21)12-13(11-8-17-20(9-11)10(2)3)18-19-7-5-6-16-14(12)19/h5-10H,4H2,1-3H3. The van der Waals surface area contributed by atoms with E-state index >= 15 is 0 Å². The van der Waals surface area contributed by atoms with Crippen LogP contribution in [0.1, 0.15) is 37.2 Å². The molecule has 0 saturated heterocycles. The van der Waals surface area contributed by atoms with Crippen molar-refractivity contribution in [1.82, 2.24) is 24.4 Å². The van der Waals surface area contributed by atoms with E-state index in [9.17, 15) is 4.79 Å². The zero-order valence-electron chi connectivity index (χ0n) is 12.7. The molecule has 0 saturated carbocycles. The number of carbonyl (C=O) groups is 1. The lowest BCUT2D eigenvalue weighted by Crippen LogP contribution is -2.06. The van der Waals surface area contributed by atoms with E-state index in [1.54, 1.807) is 36.1 Å². The van der Waals surface area contributed by atoms with Gasteiger partial charge in [0.25, 0.3) is 0 Å². The molecule has 22 heavy (non-hydrogen) atoms. The number of rotatable bonds is 4. The minimum absolute atomic E-state index is 0.231. The molecule has 3 rings (SSSR count). The van der Waals surface area contributed by atoms with Crippen LogP contribution >= 0.6 is 0 Å². The molecule has 0 spiro atoms. The van der Waals surface area contributed by atoms with Gasteiger partial charge in [-0.2, -0.15) is 10.2 Å². The monoisotopic (exact) mass is 299 g/mol. The number of aromatic nitrogens is 5. The third-order valence-corrected chi connectivity index (χ3v) is 3.28. The van der Waals surface area contributed by atoms with Crippen molar-refractivity contribution in [2.45, 2.75) is 26.8 Å². The molecule has 0 radical (unpaired) electrons. The first-order valence-electron chi connectivity index (χ1n) is 7.16. The van der Waals surface area contributed by atoms with Gasteiger partial charge in [-0.05, 0) is 26.8 Å². The average Bonchev–Trinajstić information content (AvgIpc) is 3.12. The summed E-state index contributed by atoms with van der Waals surface area (Å²) < 4.78 is 8.55. The highest BCUT2D eigenvalue weighted by Gasteiger charge is 2.24. The molecule has 0 amide bonds. The van der Waals surface area contributed by atoms with Crippen LogP contribution in [-0.4, -0.2) is 37.0 Å². The summed E-state index contributed by atoms with van der Waals surface area (Å²) in [6, 6.07) is 1.99. The van der Waals surface area contributed by atoms with Gasteiger partial charge in [0.2, 0.25) is 0 Å². The molecule has 114 valence electrons. The Morgan fingerprint density at radius 3 is 2.91 bits per heavy atom. The maximum Gasteiger partial charge on any atom is 0.344 e. The van der Waals surface area contributed by atoms with Crippen molar-refractivity contribution in [3.8, 4) is 11.3 Å². The van der Waals surface area contributed by atoms with E-state index < -0.39 is 5.97 Å². The van der Waals surface area contributed by atoms with Gasteiger partial charge in [-0.1, -0.05) is 0 Å². The largest absolute Gasteiger partial charge is 0.462 e. The quantitative estimate of drug-likeness (QED) is 0.691. The molecular weight excluding hydrogens is 282 g/mol. The number of ether oxygens (including phenoxy) is 1. The van der Waals surface area contributed by atoms with E-state index in [1.165, 1.54) is 0 Å². The van der Waals surface area contributed by atoms with Crippen molar-refractivity contribution in [3.63, 3.8) is 0 Å². The second-order valence-electron chi connectivity index (χ2n) is 5.13. The van der Waals surface area contributed by atoms with Gasteiger partial charge < -0.3 is 4.74 Å². The number of hydrogen-bond acceptors (Lipinski definition) is 5. The van der Waals surface area contributed by atoms with Crippen LogP contribution in [0.25, 0.3) is 16.9 Å². The molecule has 3 heterocycles. The second-order valence-corrected chi connectivity index (χ2v) is 5.13. The summed E-state index contributed by atoms with van der Waals surface area (Å²) in [6.07, 6.45) is 6.95. The lowest BCUT2D eigenvalue weighted by molar-refractivity contribution is 0.0529. The summed E-state index contributed by atoms with van der Waals surface area (Å²) in [5.74, 6) is -0.427. The van der Waals surface area contributed by atoms with E-state index in [2.05, 4.69) is 15.2 Å². The summed E-state index contributed by atoms with van der Waals surface area (Å²) in [6.45, 7) is 6.14. The summed E-state index contributed by atoms with van der Waals surface area (Å²) in [5, 5.41) is 8.76. The van der Waals surface area contributed by atoms with Crippen LogP contribution in [0.4, 0.5) is 0 Å². The normalized spacial score (nSPS) is 11.3. The van der Waals surface area contributed by atoms with Crippen LogP contribution in [0.5, 0.6) is 0 Å². The molecule has 0 atom stereocenters. The third kappa shape index (κ3) is 2.34. The Balaban J connectivity index is 2.18. The van der Waals surface area contributed by atoms with Gasteiger partial charge in [0.1, 0.15) is 11.3 Å². The summed E-state index contributed by atoms with van der Waals surface area (Å²) >= 11 is 0. The van der Waals surface area contributed by atoms with Gasteiger partial charge in [0, 0.05) is 30.2 Å². The van der Waals surface area contributed by atoms with E-state index in [4.69, 9.17) is 4.74 Å². The SMILES string of the molecule is CCOC(=O)c1c(-c2cnn(C(C)C)c2)nn2cccnc12. The molecule has 0 N–H and O–H groups in total. The highest BCUT2D eigenvalue weighted by atomic mass is 16.5. The molecule has 3 aromatic heterocycles. The molecule has 0 bridgehead atoms. The van der Waals surface area contributed by atoms with Gasteiger partial charge in [0.15, 0.2) is 5.65 Å². The molecule has 7 nitrogen and oxygen atoms in total. The molecule has 3 aromatic rings. The third-order valence-electron chi connectivity index (χ3n) is 3.28. The van der Waals surface area contributed by atoms with Crippen LogP contribution in [0.2, 0.25) is 0 Å². The minimum Gasteiger partial charge on any atom is -0.462 e. The maximum atomic E-state index is 12.3. The fraction of sp³-hybridized carbons (Fsp3) is 0.333. The first-order valence-corrected chi connectivity index (χ1v) is 7.16. The van der Waals surface area contributed by atoms with Crippen LogP contribution < -0.4 is 0 Å². The predicted octanol–water partition coefficient (Wildman–Crippen LogP) is 2.35. The predicted molar refractivity (Wildman–Crippen MR) is 80.5 cm³/mol. The van der Waals surface area contributed by atoms with Crippen molar-refractivity contribution >= 4 is 11.6 Å². The highest BCUT2D eigenvalue weighted by molar-refractivity contribution is 6.02. The number of carbonyl (C=O) groups excluding carboxylic acids is 1. The second kappa shape index (κ2) is 5.59. The zero-order valence-corrected chi connectivity index (χ0v) is 12.7. The first-order chi connectivity index (χ1) is 10.6. The Kier molecular flexibility index (Phi) is 3.62. The number of esters is 1. The number of nitrogens with zero attached hydrogens (tertiary/aromatic N) is 5. The molecule has 0 aliphatic rings. The van der Waals surface area contributed by atoms with Crippen molar-refractivity contribution in [2.24, 2.45) is 0 Å².